The lowest BCUT2D eigenvalue weighted by atomic mass is 9.98. The van der Waals surface area contributed by atoms with Crippen LogP contribution in [0.5, 0.6) is 0 Å². The molecular formula is C8H14O4. The molecule has 0 aliphatic carbocycles. The number of carboxylic acid groups (broad SMARTS) is 1. The molecule has 0 aromatic heterocycles. The summed E-state index contributed by atoms with van der Waals surface area (Å²) in [5.74, 6) is -1.46. The summed E-state index contributed by atoms with van der Waals surface area (Å²) in [5.41, 5.74) is -2.17. The van der Waals surface area contributed by atoms with Crippen molar-refractivity contribution in [2.75, 3.05) is 0 Å². The molecule has 1 atom stereocenters. The minimum absolute atomic E-state index is 0.000324. The number of rotatable bonds is 6. The van der Waals surface area contributed by atoms with Gasteiger partial charge < -0.3 is 10.2 Å². The second-order valence-corrected chi connectivity index (χ2v) is 2.80. The zero-order chi connectivity index (χ0) is 9.61. The van der Waals surface area contributed by atoms with E-state index in [0.717, 1.165) is 12.8 Å². The van der Waals surface area contributed by atoms with Crippen LogP contribution in [-0.2, 0) is 9.59 Å². The van der Waals surface area contributed by atoms with Gasteiger partial charge >= 0.3 is 5.97 Å². The first kappa shape index (κ1) is 11.1. The molecule has 0 spiro atoms. The molecule has 2 N–H and O–H groups in total. The number of aliphatic carboxylic acids is 1. The third-order valence-electron chi connectivity index (χ3n) is 1.73. The van der Waals surface area contributed by atoms with Gasteiger partial charge in [-0.05, 0) is 12.8 Å². The van der Waals surface area contributed by atoms with E-state index in [1.165, 1.54) is 0 Å². The number of unbranched alkanes of at least 4 members (excludes halogenated alkanes) is 2. The van der Waals surface area contributed by atoms with Gasteiger partial charge in [0.15, 0.2) is 6.29 Å². The van der Waals surface area contributed by atoms with Gasteiger partial charge in [0.05, 0.1) is 0 Å². The lowest BCUT2D eigenvalue weighted by Gasteiger charge is -2.15. The topological polar surface area (TPSA) is 74.6 Å². The summed E-state index contributed by atoms with van der Waals surface area (Å²) >= 11 is 0. The SMILES string of the molecule is CCCCCC(O)(C=O)C(=O)O. The maximum Gasteiger partial charge on any atom is 0.343 e. The van der Waals surface area contributed by atoms with Crippen molar-refractivity contribution in [1.82, 2.24) is 0 Å². The summed E-state index contributed by atoms with van der Waals surface area (Å²) in [6.07, 6.45) is 2.39. The largest absolute Gasteiger partial charge is 0.479 e. The van der Waals surface area contributed by atoms with Crippen LogP contribution in [0.15, 0.2) is 0 Å². The molecule has 0 amide bonds. The second-order valence-electron chi connectivity index (χ2n) is 2.80. The number of carboxylic acids is 1. The van der Waals surface area contributed by atoms with Gasteiger partial charge in [0.25, 0.3) is 0 Å². The number of hydrogen-bond donors (Lipinski definition) is 2. The van der Waals surface area contributed by atoms with Crippen molar-refractivity contribution in [3.05, 3.63) is 0 Å². The highest BCUT2D eigenvalue weighted by molar-refractivity contribution is 5.95. The van der Waals surface area contributed by atoms with Crippen molar-refractivity contribution in [1.29, 1.82) is 0 Å². The normalized spacial score (nSPS) is 15.2. The highest BCUT2D eigenvalue weighted by atomic mass is 16.4. The molecule has 0 saturated carbocycles. The van der Waals surface area contributed by atoms with E-state index in [-0.39, 0.29) is 12.7 Å². The van der Waals surface area contributed by atoms with Crippen molar-refractivity contribution in [3.8, 4) is 0 Å². The first-order chi connectivity index (χ1) is 5.56. The molecule has 0 aliphatic heterocycles. The summed E-state index contributed by atoms with van der Waals surface area (Å²) in [6, 6.07) is 0. The van der Waals surface area contributed by atoms with Gasteiger partial charge in [-0.1, -0.05) is 19.8 Å². The predicted molar refractivity (Wildman–Crippen MR) is 42.8 cm³/mol. The smallest absolute Gasteiger partial charge is 0.343 e. The number of hydrogen-bond acceptors (Lipinski definition) is 3. The van der Waals surface area contributed by atoms with Gasteiger partial charge in [-0.3, -0.25) is 4.79 Å². The minimum Gasteiger partial charge on any atom is -0.479 e. The molecule has 4 nitrogen and oxygen atoms in total. The fourth-order valence-electron chi connectivity index (χ4n) is 0.861. The van der Waals surface area contributed by atoms with Gasteiger partial charge in [-0.25, -0.2) is 4.79 Å². The second kappa shape index (κ2) is 4.87. The minimum atomic E-state index is -2.17. The molecule has 0 aromatic rings. The van der Waals surface area contributed by atoms with Crippen LogP contribution >= 0.6 is 0 Å². The average Bonchev–Trinajstić information content (AvgIpc) is 2.04. The van der Waals surface area contributed by atoms with Crippen LogP contribution in [0.2, 0.25) is 0 Å². The molecular weight excluding hydrogens is 160 g/mol. The summed E-state index contributed by atoms with van der Waals surface area (Å²) in [7, 11) is 0. The van der Waals surface area contributed by atoms with E-state index in [0.29, 0.717) is 6.42 Å². The van der Waals surface area contributed by atoms with Crippen LogP contribution in [0, 0.1) is 0 Å². The summed E-state index contributed by atoms with van der Waals surface area (Å²) < 4.78 is 0. The van der Waals surface area contributed by atoms with E-state index in [9.17, 15) is 9.59 Å². The Labute approximate surface area is 71.2 Å². The van der Waals surface area contributed by atoms with Gasteiger partial charge in [0.1, 0.15) is 0 Å². The Morgan fingerprint density at radius 1 is 1.50 bits per heavy atom. The molecule has 0 fully saturated rings. The fourth-order valence-corrected chi connectivity index (χ4v) is 0.861. The van der Waals surface area contributed by atoms with Gasteiger partial charge in [-0.2, -0.15) is 0 Å². The van der Waals surface area contributed by atoms with Crippen molar-refractivity contribution in [2.45, 2.75) is 38.2 Å². The molecule has 0 rings (SSSR count). The maximum atomic E-state index is 10.4. The van der Waals surface area contributed by atoms with Gasteiger partial charge in [-0.15, -0.1) is 0 Å². The van der Waals surface area contributed by atoms with Crippen molar-refractivity contribution in [2.24, 2.45) is 0 Å². The van der Waals surface area contributed by atoms with Crippen LogP contribution in [0.4, 0.5) is 0 Å². The molecule has 0 saturated heterocycles. The average molecular weight is 174 g/mol. The number of aliphatic hydroxyl groups is 1. The molecule has 0 radical (unpaired) electrons. The molecule has 0 heterocycles. The molecule has 4 heteroatoms. The van der Waals surface area contributed by atoms with E-state index >= 15 is 0 Å². The number of carbonyl (C=O) groups excluding carboxylic acids is 1. The number of carbonyl (C=O) groups is 2. The predicted octanol–water partition coefficient (Wildman–Crippen LogP) is 0.581. The highest BCUT2D eigenvalue weighted by Gasteiger charge is 2.34. The molecule has 0 bridgehead atoms. The Morgan fingerprint density at radius 2 is 2.08 bits per heavy atom. The summed E-state index contributed by atoms with van der Waals surface area (Å²) in [4.78, 5) is 20.6. The molecule has 0 aromatic carbocycles. The van der Waals surface area contributed by atoms with Gasteiger partial charge in [0, 0.05) is 0 Å². The fraction of sp³-hybridized carbons (Fsp3) is 0.750. The Balaban J connectivity index is 3.97. The lowest BCUT2D eigenvalue weighted by Crippen LogP contribution is -2.40. The van der Waals surface area contributed by atoms with E-state index in [2.05, 4.69) is 0 Å². The van der Waals surface area contributed by atoms with E-state index in [1.807, 2.05) is 6.92 Å². The Bertz CT molecular complexity index is 166. The van der Waals surface area contributed by atoms with Crippen LogP contribution in [0.1, 0.15) is 32.6 Å². The van der Waals surface area contributed by atoms with E-state index in [1.54, 1.807) is 0 Å². The highest BCUT2D eigenvalue weighted by Crippen LogP contribution is 2.12. The monoisotopic (exact) mass is 174 g/mol. The first-order valence-electron chi connectivity index (χ1n) is 3.99. The van der Waals surface area contributed by atoms with Gasteiger partial charge in [0.2, 0.25) is 5.60 Å². The van der Waals surface area contributed by atoms with Crippen LogP contribution in [0.3, 0.4) is 0 Å². The summed E-state index contributed by atoms with van der Waals surface area (Å²) in [5, 5.41) is 17.6. The molecule has 1 unspecified atom stereocenters. The quantitative estimate of drug-likeness (QED) is 0.351. The Kier molecular flexibility index (Phi) is 4.51. The van der Waals surface area contributed by atoms with Crippen LogP contribution in [0.25, 0.3) is 0 Å². The van der Waals surface area contributed by atoms with E-state index in [4.69, 9.17) is 10.2 Å². The van der Waals surface area contributed by atoms with Crippen molar-refractivity contribution in [3.63, 3.8) is 0 Å². The molecule has 70 valence electrons. The maximum absolute atomic E-state index is 10.4. The molecule has 0 aliphatic rings. The third-order valence-corrected chi connectivity index (χ3v) is 1.73. The van der Waals surface area contributed by atoms with Crippen LogP contribution in [-0.4, -0.2) is 28.1 Å². The zero-order valence-electron chi connectivity index (χ0n) is 7.12. The molecule has 12 heavy (non-hydrogen) atoms. The van der Waals surface area contributed by atoms with Crippen LogP contribution < -0.4 is 0 Å². The zero-order valence-corrected chi connectivity index (χ0v) is 7.12. The summed E-state index contributed by atoms with van der Waals surface area (Å²) in [6.45, 7) is 1.96. The first-order valence-corrected chi connectivity index (χ1v) is 3.99. The Hall–Kier alpha value is -0.900. The van der Waals surface area contributed by atoms with Crippen molar-refractivity contribution < 1.29 is 19.8 Å². The van der Waals surface area contributed by atoms with E-state index < -0.39 is 11.6 Å². The standard InChI is InChI=1S/C8H14O4/c1-2-3-4-5-8(12,6-9)7(10)11/h6,12H,2-5H2,1H3,(H,10,11). The van der Waals surface area contributed by atoms with Crippen molar-refractivity contribution >= 4 is 12.3 Å². The Morgan fingerprint density at radius 3 is 2.42 bits per heavy atom. The lowest BCUT2D eigenvalue weighted by molar-refractivity contribution is -0.161. The third kappa shape index (κ3) is 3.00. The number of aldehydes is 1.